The van der Waals surface area contributed by atoms with Crippen LogP contribution in [-0.4, -0.2) is 26.9 Å². The van der Waals surface area contributed by atoms with Gasteiger partial charge in [0, 0.05) is 18.4 Å². The number of carboxylic acids is 1. The molecule has 1 heterocycles. The first-order valence-corrected chi connectivity index (χ1v) is 5.93. The maximum absolute atomic E-state index is 10.9. The fraction of sp³-hybridized carbons (Fsp3) is 0.231. The Labute approximate surface area is 110 Å². The fourth-order valence-electron chi connectivity index (χ4n) is 1.81. The standard InChI is InChI=1S/C13H16N4O2/c1-9(8-17-6-2-5-15-17)16-12-7-10(13(18)19)3-4-11(12)14/h2-7,9,16H,8,14H2,1H3,(H,18,19). The van der Waals surface area contributed by atoms with E-state index in [0.29, 0.717) is 17.9 Å². The third-order valence-electron chi connectivity index (χ3n) is 2.72. The van der Waals surface area contributed by atoms with Gasteiger partial charge in [0.15, 0.2) is 0 Å². The van der Waals surface area contributed by atoms with E-state index < -0.39 is 5.97 Å². The highest BCUT2D eigenvalue weighted by Crippen LogP contribution is 2.21. The van der Waals surface area contributed by atoms with E-state index >= 15 is 0 Å². The summed E-state index contributed by atoms with van der Waals surface area (Å²) < 4.78 is 1.80. The highest BCUT2D eigenvalue weighted by atomic mass is 16.4. The van der Waals surface area contributed by atoms with Crippen LogP contribution in [0.15, 0.2) is 36.7 Å². The molecule has 0 radical (unpaired) electrons. The average molecular weight is 260 g/mol. The van der Waals surface area contributed by atoms with Crippen LogP contribution >= 0.6 is 0 Å². The predicted octanol–water partition coefficient (Wildman–Crippen LogP) is 1.66. The minimum absolute atomic E-state index is 0.0752. The molecule has 0 amide bonds. The van der Waals surface area contributed by atoms with Crippen LogP contribution in [0.2, 0.25) is 0 Å². The van der Waals surface area contributed by atoms with E-state index in [0.717, 1.165) is 0 Å². The summed E-state index contributed by atoms with van der Waals surface area (Å²) >= 11 is 0. The van der Waals surface area contributed by atoms with Crippen LogP contribution in [0.25, 0.3) is 0 Å². The number of aromatic carboxylic acids is 1. The van der Waals surface area contributed by atoms with Gasteiger partial charge in [0.05, 0.1) is 23.5 Å². The first-order valence-electron chi connectivity index (χ1n) is 5.93. The summed E-state index contributed by atoms with van der Waals surface area (Å²) in [4.78, 5) is 10.9. The van der Waals surface area contributed by atoms with E-state index in [1.54, 1.807) is 16.9 Å². The number of hydrogen-bond donors (Lipinski definition) is 3. The van der Waals surface area contributed by atoms with Crippen molar-refractivity contribution < 1.29 is 9.90 Å². The fourth-order valence-corrected chi connectivity index (χ4v) is 1.81. The molecule has 1 atom stereocenters. The van der Waals surface area contributed by atoms with Crippen molar-refractivity contribution in [2.75, 3.05) is 11.1 Å². The van der Waals surface area contributed by atoms with E-state index in [-0.39, 0.29) is 11.6 Å². The van der Waals surface area contributed by atoms with E-state index in [4.69, 9.17) is 10.8 Å². The maximum Gasteiger partial charge on any atom is 0.335 e. The second-order valence-electron chi connectivity index (χ2n) is 4.38. The van der Waals surface area contributed by atoms with Crippen molar-refractivity contribution in [1.29, 1.82) is 0 Å². The summed E-state index contributed by atoms with van der Waals surface area (Å²) in [6.07, 6.45) is 3.58. The molecule has 19 heavy (non-hydrogen) atoms. The van der Waals surface area contributed by atoms with Gasteiger partial charge in [0.1, 0.15) is 0 Å². The second-order valence-corrected chi connectivity index (χ2v) is 4.38. The van der Waals surface area contributed by atoms with Gasteiger partial charge in [-0.15, -0.1) is 0 Å². The molecule has 0 aliphatic heterocycles. The molecule has 0 fully saturated rings. The Kier molecular flexibility index (Phi) is 3.70. The van der Waals surface area contributed by atoms with Crippen molar-refractivity contribution in [3.63, 3.8) is 0 Å². The molecular weight excluding hydrogens is 244 g/mol. The van der Waals surface area contributed by atoms with Crippen LogP contribution in [0.3, 0.4) is 0 Å². The lowest BCUT2D eigenvalue weighted by Crippen LogP contribution is -2.23. The molecule has 6 nitrogen and oxygen atoms in total. The van der Waals surface area contributed by atoms with Crippen LogP contribution in [0.1, 0.15) is 17.3 Å². The van der Waals surface area contributed by atoms with E-state index in [1.165, 1.54) is 12.1 Å². The van der Waals surface area contributed by atoms with Crippen LogP contribution < -0.4 is 11.1 Å². The smallest absolute Gasteiger partial charge is 0.335 e. The van der Waals surface area contributed by atoms with Gasteiger partial charge >= 0.3 is 5.97 Å². The Morgan fingerprint density at radius 1 is 1.58 bits per heavy atom. The van der Waals surface area contributed by atoms with Gasteiger partial charge in [-0.2, -0.15) is 5.10 Å². The molecule has 4 N–H and O–H groups in total. The van der Waals surface area contributed by atoms with Gasteiger partial charge in [-0.3, -0.25) is 4.68 Å². The third kappa shape index (κ3) is 3.25. The summed E-state index contributed by atoms with van der Waals surface area (Å²) in [6, 6.07) is 6.54. The summed E-state index contributed by atoms with van der Waals surface area (Å²) in [5, 5.41) is 16.3. The van der Waals surface area contributed by atoms with Gasteiger partial charge in [-0.1, -0.05) is 0 Å². The van der Waals surface area contributed by atoms with Crippen molar-refractivity contribution in [2.24, 2.45) is 0 Å². The Bertz CT molecular complexity index is 566. The highest BCUT2D eigenvalue weighted by Gasteiger charge is 2.09. The molecule has 0 aliphatic carbocycles. The minimum Gasteiger partial charge on any atom is -0.478 e. The van der Waals surface area contributed by atoms with Crippen molar-refractivity contribution >= 4 is 17.3 Å². The predicted molar refractivity (Wildman–Crippen MR) is 73.1 cm³/mol. The Morgan fingerprint density at radius 3 is 3.00 bits per heavy atom. The number of anilines is 2. The summed E-state index contributed by atoms with van der Waals surface area (Å²) in [6.45, 7) is 2.65. The first kappa shape index (κ1) is 12.9. The zero-order valence-corrected chi connectivity index (χ0v) is 10.6. The Balaban J connectivity index is 2.09. The number of nitrogens with zero attached hydrogens (tertiary/aromatic N) is 2. The number of benzene rings is 1. The second kappa shape index (κ2) is 5.43. The number of nitrogens with two attached hydrogens (primary N) is 1. The number of rotatable bonds is 5. The molecule has 1 aromatic carbocycles. The summed E-state index contributed by atoms with van der Waals surface area (Å²) in [5.41, 5.74) is 7.19. The van der Waals surface area contributed by atoms with Gasteiger partial charge in [-0.25, -0.2) is 4.79 Å². The average Bonchev–Trinajstić information content (AvgIpc) is 2.84. The normalized spacial score (nSPS) is 12.1. The molecule has 1 unspecified atom stereocenters. The van der Waals surface area contributed by atoms with Crippen LogP contribution in [-0.2, 0) is 6.54 Å². The Hall–Kier alpha value is -2.50. The monoisotopic (exact) mass is 260 g/mol. The summed E-state index contributed by atoms with van der Waals surface area (Å²) in [5.74, 6) is -0.970. The lowest BCUT2D eigenvalue weighted by atomic mass is 10.1. The topological polar surface area (TPSA) is 93.2 Å². The lowest BCUT2D eigenvalue weighted by Gasteiger charge is -2.17. The maximum atomic E-state index is 10.9. The molecule has 2 aromatic rings. The zero-order valence-electron chi connectivity index (χ0n) is 10.6. The highest BCUT2D eigenvalue weighted by molar-refractivity contribution is 5.90. The molecule has 6 heteroatoms. The number of aromatic nitrogens is 2. The van der Waals surface area contributed by atoms with E-state index in [1.807, 2.05) is 19.2 Å². The van der Waals surface area contributed by atoms with E-state index in [9.17, 15) is 4.79 Å². The summed E-state index contributed by atoms with van der Waals surface area (Å²) in [7, 11) is 0. The van der Waals surface area contributed by atoms with Crippen molar-refractivity contribution in [3.8, 4) is 0 Å². The number of carbonyl (C=O) groups is 1. The molecule has 0 saturated heterocycles. The number of nitrogens with one attached hydrogen (secondary N) is 1. The van der Waals surface area contributed by atoms with E-state index in [2.05, 4.69) is 10.4 Å². The minimum atomic E-state index is -0.970. The van der Waals surface area contributed by atoms with Gasteiger partial charge in [-0.05, 0) is 31.2 Å². The van der Waals surface area contributed by atoms with Crippen LogP contribution in [0, 0.1) is 0 Å². The first-order chi connectivity index (χ1) is 9.06. The van der Waals surface area contributed by atoms with Crippen LogP contribution in [0.4, 0.5) is 11.4 Å². The lowest BCUT2D eigenvalue weighted by molar-refractivity contribution is 0.0697. The van der Waals surface area contributed by atoms with Gasteiger partial charge in [0.25, 0.3) is 0 Å². The molecule has 0 spiro atoms. The molecule has 0 saturated carbocycles. The number of hydrogen-bond acceptors (Lipinski definition) is 4. The molecule has 100 valence electrons. The number of carboxylic acid groups (broad SMARTS) is 1. The van der Waals surface area contributed by atoms with Crippen molar-refractivity contribution in [1.82, 2.24) is 9.78 Å². The van der Waals surface area contributed by atoms with Gasteiger partial charge < -0.3 is 16.2 Å². The van der Waals surface area contributed by atoms with Crippen molar-refractivity contribution in [3.05, 3.63) is 42.2 Å². The quantitative estimate of drug-likeness (QED) is 0.711. The molecule has 1 aromatic heterocycles. The number of nitrogen functional groups attached to an aromatic ring is 1. The van der Waals surface area contributed by atoms with Crippen molar-refractivity contribution in [2.45, 2.75) is 19.5 Å². The van der Waals surface area contributed by atoms with Gasteiger partial charge in [0.2, 0.25) is 0 Å². The molecule has 2 rings (SSSR count). The molecule has 0 bridgehead atoms. The Morgan fingerprint density at radius 2 is 2.37 bits per heavy atom. The zero-order chi connectivity index (χ0) is 13.8. The largest absolute Gasteiger partial charge is 0.478 e. The molecule has 0 aliphatic rings. The SMILES string of the molecule is CC(Cn1cccn1)Nc1cc(C(=O)O)ccc1N. The molecular formula is C13H16N4O2. The third-order valence-corrected chi connectivity index (χ3v) is 2.72. The van der Waals surface area contributed by atoms with Crippen LogP contribution in [0.5, 0.6) is 0 Å².